The fourth-order valence-electron chi connectivity index (χ4n) is 1.96. The van der Waals surface area contributed by atoms with Crippen LogP contribution in [0.1, 0.15) is 24.1 Å². The van der Waals surface area contributed by atoms with Crippen molar-refractivity contribution < 1.29 is 5.11 Å². The van der Waals surface area contributed by atoms with Crippen molar-refractivity contribution in [1.82, 2.24) is 4.98 Å². The molecule has 4 heteroatoms. The second-order valence-electron chi connectivity index (χ2n) is 3.87. The van der Waals surface area contributed by atoms with Crippen molar-refractivity contribution in [3.8, 4) is 0 Å². The van der Waals surface area contributed by atoms with Crippen LogP contribution in [-0.4, -0.2) is 21.7 Å². The van der Waals surface area contributed by atoms with Gasteiger partial charge < -0.3 is 10.8 Å². The molecule has 13 heavy (non-hydrogen) atoms. The Labute approximate surface area is 81.6 Å². The third-order valence-electron chi connectivity index (χ3n) is 2.61. The standard InChI is InChI=1S/C9H14N2OS/c10-7-1-2-9(12,3-7)4-8-5-11-6-13-8/h5-7,12H,1-4,10H2. The van der Waals surface area contributed by atoms with Gasteiger partial charge in [-0.25, -0.2) is 0 Å². The van der Waals surface area contributed by atoms with Crippen LogP contribution in [0.3, 0.4) is 0 Å². The van der Waals surface area contributed by atoms with Crippen molar-refractivity contribution >= 4 is 11.3 Å². The van der Waals surface area contributed by atoms with E-state index in [0.29, 0.717) is 6.42 Å². The lowest BCUT2D eigenvalue weighted by molar-refractivity contribution is 0.0476. The van der Waals surface area contributed by atoms with Crippen LogP contribution >= 0.6 is 11.3 Å². The highest BCUT2D eigenvalue weighted by atomic mass is 32.1. The molecule has 2 unspecified atom stereocenters. The molecule has 3 N–H and O–H groups in total. The molecule has 3 nitrogen and oxygen atoms in total. The highest BCUT2D eigenvalue weighted by Gasteiger charge is 2.35. The highest BCUT2D eigenvalue weighted by molar-refractivity contribution is 7.09. The average molecular weight is 198 g/mol. The first kappa shape index (κ1) is 9.12. The van der Waals surface area contributed by atoms with Crippen molar-refractivity contribution in [3.63, 3.8) is 0 Å². The van der Waals surface area contributed by atoms with Crippen LogP contribution in [-0.2, 0) is 6.42 Å². The number of aliphatic hydroxyl groups is 1. The molecule has 72 valence electrons. The van der Waals surface area contributed by atoms with E-state index in [4.69, 9.17) is 5.73 Å². The third-order valence-corrected chi connectivity index (χ3v) is 3.39. The van der Waals surface area contributed by atoms with Crippen LogP contribution in [0, 0.1) is 0 Å². The molecule has 0 saturated heterocycles. The van der Waals surface area contributed by atoms with Crippen molar-refractivity contribution in [2.75, 3.05) is 0 Å². The molecule has 1 fully saturated rings. The summed E-state index contributed by atoms with van der Waals surface area (Å²) in [5.41, 5.74) is 7.00. The Kier molecular flexibility index (Phi) is 2.36. The molecule has 0 aromatic carbocycles. The van der Waals surface area contributed by atoms with Gasteiger partial charge in [-0.3, -0.25) is 4.98 Å². The zero-order valence-corrected chi connectivity index (χ0v) is 8.26. The molecule has 2 rings (SSSR count). The molecule has 0 spiro atoms. The average Bonchev–Trinajstić information content (AvgIpc) is 2.62. The van der Waals surface area contributed by atoms with Gasteiger partial charge in [0.05, 0.1) is 11.1 Å². The lowest BCUT2D eigenvalue weighted by atomic mass is 9.97. The van der Waals surface area contributed by atoms with E-state index in [-0.39, 0.29) is 6.04 Å². The fraction of sp³-hybridized carbons (Fsp3) is 0.667. The van der Waals surface area contributed by atoms with Gasteiger partial charge in [-0.1, -0.05) is 0 Å². The molecule has 1 saturated carbocycles. The number of hydrogen-bond acceptors (Lipinski definition) is 4. The quantitative estimate of drug-likeness (QED) is 0.743. The molecule has 1 aliphatic rings. The van der Waals surface area contributed by atoms with Gasteiger partial charge in [-0.05, 0) is 19.3 Å². The molecule has 1 aliphatic carbocycles. The monoisotopic (exact) mass is 198 g/mol. The second kappa shape index (κ2) is 3.36. The summed E-state index contributed by atoms with van der Waals surface area (Å²) in [5.74, 6) is 0. The predicted octanol–water partition coefficient (Wildman–Crippen LogP) is 0.928. The first-order valence-electron chi connectivity index (χ1n) is 4.53. The molecular formula is C9H14N2OS. The molecular weight excluding hydrogens is 184 g/mol. The highest BCUT2D eigenvalue weighted by Crippen LogP contribution is 2.32. The molecule has 1 heterocycles. The van der Waals surface area contributed by atoms with Crippen LogP contribution in [0.4, 0.5) is 0 Å². The number of rotatable bonds is 2. The van der Waals surface area contributed by atoms with Crippen LogP contribution < -0.4 is 5.73 Å². The maximum absolute atomic E-state index is 10.1. The van der Waals surface area contributed by atoms with E-state index in [9.17, 15) is 5.11 Å². The van der Waals surface area contributed by atoms with Crippen molar-refractivity contribution in [2.45, 2.75) is 37.3 Å². The summed E-state index contributed by atoms with van der Waals surface area (Å²) in [6.07, 6.45) is 5.03. The normalized spacial score (nSPS) is 33.8. The summed E-state index contributed by atoms with van der Waals surface area (Å²) in [7, 11) is 0. The zero-order valence-electron chi connectivity index (χ0n) is 7.44. The summed E-state index contributed by atoms with van der Waals surface area (Å²) >= 11 is 1.60. The van der Waals surface area contributed by atoms with Crippen LogP contribution in [0.5, 0.6) is 0 Å². The van der Waals surface area contributed by atoms with Gasteiger partial charge in [0.2, 0.25) is 0 Å². The van der Waals surface area contributed by atoms with Crippen molar-refractivity contribution in [1.29, 1.82) is 0 Å². The topological polar surface area (TPSA) is 59.1 Å². The number of hydrogen-bond donors (Lipinski definition) is 2. The number of nitrogens with zero attached hydrogens (tertiary/aromatic N) is 1. The minimum atomic E-state index is -0.564. The molecule has 1 aromatic rings. The number of thiazole rings is 1. The summed E-state index contributed by atoms with van der Waals surface area (Å²) in [5, 5.41) is 10.1. The molecule has 0 amide bonds. The summed E-state index contributed by atoms with van der Waals surface area (Å²) in [6.45, 7) is 0. The van der Waals surface area contributed by atoms with Gasteiger partial charge in [-0.15, -0.1) is 11.3 Å². The largest absolute Gasteiger partial charge is 0.389 e. The maximum Gasteiger partial charge on any atom is 0.0794 e. The summed E-state index contributed by atoms with van der Waals surface area (Å²) < 4.78 is 0. The van der Waals surface area contributed by atoms with E-state index in [1.54, 1.807) is 16.8 Å². The van der Waals surface area contributed by atoms with E-state index in [2.05, 4.69) is 4.98 Å². The third kappa shape index (κ3) is 2.07. The molecule has 0 radical (unpaired) electrons. The zero-order chi connectivity index (χ0) is 9.31. The first-order chi connectivity index (χ1) is 6.18. The van der Waals surface area contributed by atoms with Gasteiger partial charge in [0, 0.05) is 23.5 Å². The Hall–Kier alpha value is -0.450. The van der Waals surface area contributed by atoms with Gasteiger partial charge in [0.25, 0.3) is 0 Å². The fourth-order valence-corrected chi connectivity index (χ4v) is 2.69. The van der Waals surface area contributed by atoms with Crippen molar-refractivity contribution in [2.24, 2.45) is 5.73 Å². The van der Waals surface area contributed by atoms with Crippen molar-refractivity contribution in [3.05, 3.63) is 16.6 Å². The summed E-state index contributed by atoms with van der Waals surface area (Å²) in [4.78, 5) is 5.14. The van der Waals surface area contributed by atoms with Gasteiger partial charge in [-0.2, -0.15) is 0 Å². The number of nitrogens with two attached hydrogens (primary N) is 1. The Balaban J connectivity index is 2.01. The van der Waals surface area contributed by atoms with E-state index < -0.39 is 5.60 Å². The first-order valence-corrected chi connectivity index (χ1v) is 5.41. The Morgan fingerprint density at radius 1 is 1.77 bits per heavy atom. The SMILES string of the molecule is NC1CCC(O)(Cc2cncs2)C1. The number of aromatic nitrogens is 1. The maximum atomic E-state index is 10.1. The van der Waals surface area contributed by atoms with Gasteiger partial charge in [0.1, 0.15) is 0 Å². The molecule has 2 atom stereocenters. The van der Waals surface area contributed by atoms with Gasteiger partial charge >= 0.3 is 0 Å². The lowest BCUT2D eigenvalue weighted by Crippen LogP contribution is -2.29. The lowest BCUT2D eigenvalue weighted by Gasteiger charge is -2.20. The second-order valence-corrected chi connectivity index (χ2v) is 4.84. The Morgan fingerprint density at radius 2 is 2.62 bits per heavy atom. The van der Waals surface area contributed by atoms with E-state index in [1.807, 2.05) is 6.20 Å². The van der Waals surface area contributed by atoms with E-state index >= 15 is 0 Å². The summed E-state index contributed by atoms with van der Waals surface area (Å²) in [6, 6.07) is 0.179. The van der Waals surface area contributed by atoms with Crippen LogP contribution in [0.25, 0.3) is 0 Å². The van der Waals surface area contributed by atoms with Gasteiger partial charge in [0.15, 0.2) is 0 Å². The smallest absolute Gasteiger partial charge is 0.0794 e. The van der Waals surface area contributed by atoms with E-state index in [0.717, 1.165) is 24.1 Å². The van der Waals surface area contributed by atoms with Crippen LogP contribution in [0.2, 0.25) is 0 Å². The Morgan fingerprint density at radius 3 is 3.15 bits per heavy atom. The van der Waals surface area contributed by atoms with E-state index in [1.165, 1.54) is 0 Å². The molecule has 0 aliphatic heterocycles. The minimum absolute atomic E-state index is 0.179. The minimum Gasteiger partial charge on any atom is -0.389 e. The Bertz CT molecular complexity index is 275. The van der Waals surface area contributed by atoms with Crippen LogP contribution in [0.15, 0.2) is 11.7 Å². The molecule has 0 bridgehead atoms. The predicted molar refractivity (Wildman–Crippen MR) is 52.6 cm³/mol. The molecule has 1 aromatic heterocycles.